The van der Waals surface area contributed by atoms with Gasteiger partial charge in [-0.05, 0) is 70.6 Å². The van der Waals surface area contributed by atoms with Crippen molar-refractivity contribution in [1.29, 1.82) is 0 Å². The van der Waals surface area contributed by atoms with Gasteiger partial charge in [-0.25, -0.2) is 0 Å². The number of carbonyl (C=O) groups excluding carboxylic acids is 1. The standard InChI is InChI=1S/C28H50O3/c1-3-5-7-9-11-21-30-24-13-17-27(18-14-24)23-28(26(27)29)19-15-25(16-20-28)31-22-12-10-8-6-4-2/h24-25H,3-23H2,1-2H3/t24?,25?,27-,28-. The average Bonchev–Trinajstić information content (AvgIpc) is 2.80. The minimum atomic E-state index is 0.0218. The highest BCUT2D eigenvalue weighted by Gasteiger charge is 2.63. The molecule has 0 aliphatic heterocycles. The molecule has 0 bridgehead atoms. The van der Waals surface area contributed by atoms with Gasteiger partial charge in [0.2, 0.25) is 0 Å². The zero-order valence-corrected chi connectivity index (χ0v) is 20.7. The van der Waals surface area contributed by atoms with Crippen LogP contribution in [0.3, 0.4) is 0 Å². The SMILES string of the molecule is CCCCCCCOC1CC[C@]2(CC1)C[C@@]1(CCC(OCCCCCCC)CC1)C2=O. The monoisotopic (exact) mass is 434 g/mol. The Labute approximate surface area is 192 Å². The summed E-state index contributed by atoms with van der Waals surface area (Å²) in [7, 11) is 0. The van der Waals surface area contributed by atoms with Gasteiger partial charge < -0.3 is 9.47 Å². The molecule has 0 aromatic carbocycles. The number of Topliss-reactive ketones (excluding diaryl/α,β-unsaturated/α-hetero) is 1. The first-order chi connectivity index (χ1) is 15.1. The van der Waals surface area contributed by atoms with Gasteiger partial charge in [-0.2, -0.15) is 0 Å². The maximum atomic E-state index is 13.4. The van der Waals surface area contributed by atoms with Crippen molar-refractivity contribution >= 4 is 5.78 Å². The van der Waals surface area contributed by atoms with E-state index in [0.29, 0.717) is 18.0 Å². The molecule has 3 saturated carbocycles. The zero-order valence-electron chi connectivity index (χ0n) is 20.7. The Morgan fingerprint density at radius 3 is 1.39 bits per heavy atom. The van der Waals surface area contributed by atoms with Gasteiger partial charge in [0.15, 0.2) is 0 Å². The summed E-state index contributed by atoms with van der Waals surface area (Å²) in [6.45, 7) is 6.35. The van der Waals surface area contributed by atoms with E-state index < -0.39 is 0 Å². The summed E-state index contributed by atoms with van der Waals surface area (Å²) in [6.07, 6.45) is 23.6. The third kappa shape index (κ3) is 6.79. The molecule has 2 spiro atoms. The Kier molecular flexibility index (Phi) is 10.4. The van der Waals surface area contributed by atoms with Crippen molar-refractivity contribution in [3.05, 3.63) is 0 Å². The number of ketones is 1. The fourth-order valence-corrected chi connectivity index (χ4v) is 6.60. The van der Waals surface area contributed by atoms with Crippen molar-refractivity contribution in [2.75, 3.05) is 13.2 Å². The fourth-order valence-electron chi connectivity index (χ4n) is 6.60. The second-order valence-electron chi connectivity index (χ2n) is 11.0. The van der Waals surface area contributed by atoms with E-state index in [1.807, 2.05) is 0 Å². The van der Waals surface area contributed by atoms with Crippen LogP contribution in [-0.2, 0) is 14.3 Å². The van der Waals surface area contributed by atoms with E-state index in [-0.39, 0.29) is 10.8 Å². The lowest BCUT2D eigenvalue weighted by Gasteiger charge is -2.59. The van der Waals surface area contributed by atoms with E-state index >= 15 is 0 Å². The molecule has 3 rings (SSSR count). The number of unbranched alkanes of at least 4 members (excludes halogenated alkanes) is 8. The molecule has 0 saturated heterocycles. The lowest BCUT2D eigenvalue weighted by molar-refractivity contribution is -0.173. The van der Waals surface area contributed by atoms with Crippen molar-refractivity contribution in [1.82, 2.24) is 0 Å². The van der Waals surface area contributed by atoms with Crippen LogP contribution < -0.4 is 0 Å². The van der Waals surface area contributed by atoms with Gasteiger partial charge in [0.1, 0.15) is 5.78 Å². The Bertz CT molecular complexity index is 468. The molecule has 3 aliphatic carbocycles. The topological polar surface area (TPSA) is 35.5 Å². The number of carbonyl (C=O) groups is 1. The van der Waals surface area contributed by atoms with Crippen molar-refractivity contribution in [2.24, 2.45) is 10.8 Å². The first-order valence-corrected chi connectivity index (χ1v) is 13.9. The molecule has 0 N–H and O–H groups in total. The largest absolute Gasteiger partial charge is 0.378 e. The van der Waals surface area contributed by atoms with E-state index in [2.05, 4.69) is 13.8 Å². The number of hydrogen-bond donors (Lipinski definition) is 0. The van der Waals surface area contributed by atoms with E-state index in [9.17, 15) is 4.79 Å². The van der Waals surface area contributed by atoms with Gasteiger partial charge in [0.25, 0.3) is 0 Å². The fraction of sp³-hybridized carbons (Fsp3) is 0.964. The predicted octanol–water partition coefficient (Wildman–Crippen LogP) is 7.79. The van der Waals surface area contributed by atoms with Gasteiger partial charge >= 0.3 is 0 Å². The molecule has 0 aromatic heterocycles. The van der Waals surface area contributed by atoms with E-state index in [0.717, 1.165) is 71.0 Å². The van der Waals surface area contributed by atoms with Crippen LogP contribution in [0.4, 0.5) is 0 Å². The number of hydrogen-bond acceptors (Lipinski definition) is 3. The van der Waals surface area contributed by atoms with Crippen LogP contribution in [0.1, 0.15) is 136 Å². The summed E-state index contributed by atoms with van der Waals surface area (Å²) in [6, 6.07) is 0. The third-order valence-electron chi connectivity index (χ3n) is 8.62. The molecule has 0 aromatic rings. The van der Waals surface area contributed by atoms with Crippen molar-refractivity contribution in [2.45, 2.75) is 148 Å². The molecule has 0 amide bonds. The molecular weight excluding hydrogens is 384 g/mol. The summed E-state index contributed by atoms with van der Waals surface area (Å²) in [5.74, 6) is 0.621. The summed E-state index contributed by atoms with van der Waals surface area (Å²) in [5.41, 5.74) is 0.0436. The summed E-state index contributed by atoms with van der Waals surface area (Å²) < 4.78 is 12.3. The van der Waals surface area contributed by atoms with Gasteiger partial charge in [-0.1, -0.05) is 65.2 Å². The molecule has 0 radical (unpaired) electrons. The molecule has 3 aliphatic rings. The molecule has 3 nitrogen and oxygen atoms in total. The lowest BCUT2D eigenvalue weighted by atomic mass is 9.44. The van der Waals surface area contributed by atoms with Crippen LogP contribution >= 0.6 is 0 Å². The molecule has 180 valence electrons. The summed E-state index contributed by atoms with van der Waals surface area (Å²) in [4.78, 5) is 13.4. The maximum Gasteiger partial charge on any atom is 0.145 e. The normalized spacial score (nSPS) is 33.2. The van der Waals surface area contributed by atoms with Gasteiger partial charge in [-0.15, -0.1) is 0 Å². The highest BCUT2D eigenvalue weighted by Crippen LogP contribution is 2.63. The number of ether oxygens (including phenoxy) is 2. The molecule has 0 atom stereocenters. The lowest BCUT2D eigenvalue weighted by Crippen LogP contribution is -2.60. The second-order valence-corrected chi connectivity index (χ2v) is 11.0. The van der Waals surface area contributed by atoms with Crippen molar-refractivity contribution in [3.63, 3.8) is 0 Å². The van der Waals surface area contributed by atoms with Crippen molar-refractivity contribution in [3.8, 4) is 0 Å². The maximum absolute atomic E-state index is 13.4. The predicted molar refractivity (Wildman–Crippen MR) is 128 cm³/mol. The highest BCUT2D eigenvalue weighted by atomic mass is 16.5. The molecule has 0 unspecified atom stereocenters. The van der Waals surface area contributed by atoms with Crippen LogP contribution in [0.15, 0.2) is 0 Å². The first kappa shape index (κ1) is 25.2. The van der Waals surface area contributed by atoms with E-state index in [1.54, 1.807) is 0 Å². The van der Waals surface area contributed by atoms with Gasteiger partial charge in [-0.3, -0.25) is 4.79 Å². The smallest absolute Gasteiger partial charge is 0.145 e. The quantitative estimate of drug-likeness (QED) is 0.262. The average molecular weight is 435 g/mol. The molecule has 31 heavy (non-hydrogen) atoms. The van der Waals surface area contributed by atoms with Gasteiger partial charge in [0, 0.05) is 24.0 Å². The minimum Gasteiger partial charge on any atom is -0.378 e. The van der Waals surface area contributed by atoms with Crippen molar-refractivity contribution < 1.29 is 14.3 Å². The Morgan fingerprint density at radius 2 is 1.03 bits per heavy atom. The highest BCUT2D eigenvalue weighted by molar-refractivity contribution is 5.96. The van der Waals surface area contributed by atoms with Crippen LogP contribution in [0.25, 0.3) is 0 Å². The minimum absolute atomic E-state index is 0.0218. The second kappa shape index (κ2) is 12.7. The molecular formula is C28H50O3. The summed E-state index contributed by atoms with van der Waals surface area (Å²) in [5, 5.41) is 0. The zero-order chi connectivity index (χ0) is 22.0. The Balaban J connectivity index is 1.28. The Hall–Kier alpha value is -0.410. The van der Waals surface area contributed by atoms with E-state index in [1.165, 1.54) is 64.2 Å². The Morgan fingerprint density at radius 1 is 0.645 bits per heavy atom. The van der Waals surface area contributed by atoms with Gasteiger partial charge in [0.05, 0.1) is 12.2 Å². The molecule has 3 fully saturated rings. The first-order valence-electron chi connectivity index (χ1n) is 13.9. The third-order valence-corrected chi connectivity index (χ3v) is 8.62. The molecule has 3 heteroatoms. The number of rotatable bonds is 14. The summed E-state index contributed by atoms with van der Waals surface area (Å²) >= 11 is 0. The molecule has 0 heterocycles. The van der Waals surface area contributed by atoms with Crippen LogP contribution in [0, 0.1) is 10.8 Å². The van der Waals surface area contributed by atoms with Crippen LogP contribution in [0.5, 0.6) is 0 Å². The van der Waals surface area contributed by atoms with Crippen LogP contribution in [-0.4, -0.2) is 31.2 Å². The van der Waals surface area contributed by atoms with Crippen LogP contribution in [0.2, 0.25) is 0 Å². The van der Waals surface area contributed by atoms with E-state index in [4.69, 9.17) is 9.47 Å².